The molecule has 0 unspecified atom stereocenters. The van der Waals surface area contributed by atoms with Gasteiger partial charge in [-0.25, -0.2) is 0 Å². The Bertz CT molecular complexity index is 423. The van der Waals surface area contributed by atoms with Crippen molar-refractivity contribution in [1.29, 1.82) is 0 Å². The van der Waals surface area contributed by atoms with Crippen molar-refractivity contribution < 1.29 is 4.79 Å². The van der Waals surface area contributed by atoms with Crippen molar-refractivity contribution in [3.63, 3.8) is 0 Å². The molecule has 108 valence electrons. The van der Waals surface area contributed by atoms with Crippen LogP contribution < -0.4 is 10.6 Å². The van der Waals surface area contributed by atoms with Gasteiger partial charge in [-0.1, -0.05) is 13.8 Å². The topological polar surface area (TPSA) is 59.0 Å². The third-order valence-electron chi connectivity index (χ3n) is 3.20. The van der Waals surface area contributed by atoms with Gasteiger partial charge >= 0.3 is 0 Å². The Morgan fingerprint density at radius 1 is 1.37 bits per heavy atom. The van der Waals surface area contributed by atoms with Crippen molar-refractivity contribution in [3.8, 4) is 0 Å². The van der Waals surface area contributed by atoms with E-state index >= 15 is 0 Å². The minimum atomic E-state index is 0.112. The lowest BCUT2D eigenvalue weighted by Gasteiger charge is -2.08. The maximum atomic E-state index is 11.5. The number of amides is 1. The molecule has 1 aromatic heterocycles. The molecule has 2 N–H and O–H groups in total. The average Bonchev–Trinajstić information content (AvgIpc) is 2.57. The summed E-state index contributed by atoms with van der Waals surface area (Å²) < 4.78 is 1.89. The van der Waals surface area contributed by atoms with Crippen LogP contribution in [0.25, 0.3) is 0 Å². The Balaban J connectivity index is 2.26. The number of nitrogens with one attached hydrogen (secondary N) is 2. The lowest BCUT2D eigenvalue weighted by Crippen LogP contribution is -2.30. The van der Waals surface area contributed by atoms with Crippen molar-refractivity contribution in [1.82, 2.24) is 20.4 Å². The van der Waals surface area contributed by atoms with Crippen LogP contribution in [0.2, 0.25) is 0 Å². The molecule has 0 atom stereocenters. The number of rotatable bonds is 7. The number of aromatic nitrogens is 2. The molecule has 0 saturated heterocycles. The Morgan fingerprint density at radius 3 is 2.58 bits per heavy atom. The summed E-state index contributed by atoms with van der Waals surface area (Å²) in [5.74, 6) is 0.610. The summed E-state index contributed by atoms with van der Waals surface area (Å²) in [7, 11) is 1.95. The molecule has 1 amide bonds. The number of carbonyl (C=O) groups is 1. The van der Waals surface area contributed by atoms with E-state index < -0.39 is 0 Å². The molecule has 0 aliphatic rings. The molecule has 1 aromatic rings. The molecule has 0 spiro atoms. The molecule has 5 heteroatoms. The lowest BCUT2D eigenvalue weighted by molar-refractivity contribution is -0.121. The van der Waals surface area contributed by atoms with Crippen molar-refractivity contribution >= 4 is 5.91 Å². The van der Waals surface area contributed by atoms with E-state index in [1.165, 1.54) is 11.3 Å². The summed E-state index contributed by atoms with van der Waals surface area (Å²) in [5.41, 5.74) is 3.45. The second-order valence-electron chi connectivity index (χ2n) is 5.40. The van der Waals surface area contributed by atoms with E-state index in [0.29, 0.717) is 18.9 Å². The molecule has 0 fully saturated rings. The smallest absolute Gasteiger partial charge is 0.221 e. The van der Waals surface area contributed by atoms with E-state index in [9.17, 15) is 4.79 Å². The maximum absolute atomic E-state index is 11.5. The van der Waals surface area contributed by atoms with Crippen molar-refractivity contribution in [2.24, 2.45) is 13.0 Å². The highest BCUT2D eigenvalue weighted by Gasteiger charge is 2.08. The zero-order chi connectivity index (χ0) is 14.4. The van der Waals surface area contributed by atoms with Crippen LogP contribution in [-0.4, -0.2) is 28.8 Å². The monoisotopic (exact) mass is 266 g/mol. The Hall–Kier alpha value is -1.36. The Morgan fingerprint density at radius 2 is 2.05 bits per heavy atom. The van der Waals surface area contributed by atoms with Crippen LogP contribution in [0.1, 0.15) is 37.2 Å². The van der Waals surface area contributed by atoms with Crippen LogP contribution >= 0.6 is 0 Å². The van der Waals surface area contributed by atoms with E-state index in [4.69, 9.17) is 0 Å². The highest BCUT2D eigenvalue weighted by atomic mass is 16.1. The van der Waals surface area contributed by atoms with Crippen LogP contribution in [0.5, 0.6) is 0 Å². The summed E-state index contributed by atoms with van der Waals surface area (Å²) in [5, 5.41) is 10.6. The number of aryl methyl sites for hydroxylation is 2. The van der Waals surface area contributed by atoms with Crippen molar-refractivity contribution in [3.05, 3.63) is 17.0 Å². The molecule has 1 rings (SSSR count). The zero-order valence-electron chi connectivity index (χ0n) is 12.7. The fraction of sp³-hybridized carbons (Fsp3) is 0.714. The molecular formula is C14H26N4O. The van der Waals surface area contributed by atoms with E-state index in [-0.39, 0.29) is 5.91 Å². The van der Waals surface area contributed by atoms with Gasteiger partial charge in [0, 0.05) is 44.4 Å². The highest BCUT2D eigenvalue weighted by molar-refractivity contribution is 5.76. The summed E-state index contributed by atoms with van der Waals surface area (Å²) in [4.78, 5) is 11.5. The maximum Gasteiger partial charge on any atom is 0.221 e. The van der Waals surface area contributed by atoms with Gasteiger partial charge < -0.3 is 10.6 Å². The van der Waals surface area contributed by atoms with Crippen LogP contribution in [0.15, 0.2) is 0 Å². The van der Waals surface area contributed by atoms with E-state index in [0.717, 1.165) is 18.8 Å². The third kappa shape index (κ3) is 5.03. The third-order valence-corrected chi connectivity index (χ3v) is 3.20. The molecule has 19 heavy (non-hydrogen) atoms. The average molecular weight is 266 g/mol. The van der Waals surface area contributed by atoms with Crippen LogP contribution in [-0.2, 0) is 18.4 Å². The standard InChI is InChI=1S/C14H26N4O/c1-10(2)8-16-14(19)6-7-15-9-13-11(3)17-18(5)12(13)4/h10,15H,6-9H2,1-5H3,(H,16,19). The van der Waals surface area contributed by atoms with Crippen molar-refractivity contribution in [2.75, 3.05) is 13.1 Å². The Kier molecular flexibility index (Phi) is 6.02. The SMILES string of the molecule is Cc1nn(C)c(C)c1CNCCC(=O)NCC(C)C. The molecule has 1 heterocycles. The first-order valence-electron chi connectivity index (χ1n) is 6.88. The number of nitrogens with zero attached hydrogens (tertiary/aromatic N) is 2. The van der Waals surface area contributed by atoms with Crippen LogP contribution in [0, 0.1) is 19.8 Å². The highest BCUT2D eigenvalue weighted by Crippen LogP contribution is 2.10. The molecule has 0 aliphatic heterocycles. The predicted octanol–water partition coefficient (Wildman–Crippen LogP) is 1.29. The van der Waals surface area contributed by atoms with Gasteiger partial charge in [0.05, 0.1) is 5.69 Å². The Labute approximate surface area is 115 Å². The van der Waals surface area contributed by atoms with Gasteiger partial charge in [-0.05, 0) is 19.8 Å². The first-order valence-corrected chi connectivity index (χ1v) is 6.88. The van der Waals surface area contributed by atoms with Gasteiger partial charge in [0.25, 0.3) is 0 Å². The first-order chi connectivity index (χ1) is 8.91. The second-order valence-corrected chi connectivity index (χ2v) is 5.40. The second kappa shape index (κ2) is 7.28. The first kappa shape index (κ1) is 15.7. The molecule has 5 nitrogen and oxygen atoms in total. The summed E-state index contributed by atoms with van der Waals surface area (Å²) in [6.07, 6.45) is 0.519. The van der Waals surface area contributed by atoms with E-state index in [1.807, 2.05) is 18.7 Å². The zero-order valence-corrected chi connectivity index (χ0v) is 12.7. The quantitative estimate of drug-likeness (QED) is 0.731. The minimum Gasteiger partial charge on any atom is -0.356 e. The molecule has 0 bridgehead atoms. The predicted molar refractivity (Wildman–Crippen MR) is 76.9 cm³/mol. The number of carbonyl (C=O) groups excluding carboxylic acids is 1. The van der Waals surface area contributed by atoms with Gasteiger partial charge in [0.15, 0.2) is 0 Å². The summed E-state index contributed by atoms with van der Waals surface area (Å²) >= 11 is 0. The number of hydrogen-bond acceptors (Lipinski definition) is 3. The van der Waals surface area contributed by atoms with Gasteiger partial charge in [-0.15, -0.1) is 0 Å². The minimum absolute atomic E-state index is 0.112. The van der Waals surface area contributed by atoms with Crippen molar-refractivity contribution in [2.45, 2.75) is 40.7 Å². The van der Waals surface area contributed by atoms with E-state index in [1.54, 1.807) is 0 Å². The molecular weight excluding hydrogens is 240 g/mol. The molecule has 0 aromatic carbocycles. The number of hydrogen-bond donors (Lipinski definition) is 2. The van der Waals surface area contributed by atoms with Gasteiger partial charge in [-0.3, -0.25) is 9.48 Å². The van der Waals surface area contributed by atoms with Gasteiger partial charge in [0.2, 0.25) is 5.91 Å². The van der Waals surface area contributed by atoms with Gasteiger partial charge in [-0.2, -0.15) is 5.10 Å². The summed E-state index contributed by atoms with van der Waals surface area (Å²) in [6.45, 7) is 10.5. The molecule has 0 saturated carbocycles. The largest absolute Gasteiger partial charge is 0.356 e. The van der Waals surface area contributed by atoms with Crippen LogP contribution in [0.3, 0.4) is 0 Å². The van der Waals surface area contributed by atoms with E-state index in [2.05, 4.69) is 36.5 Å². The normalized spacial score (nSPS) is 11.1. The van der Waals surface area contributed by atoms with Crippen LogP contribution in [0.4, 0.5) is 0 Å². The fourth-order valence-electron chi connectivity index (χ4n) is 1.89. The lowest BCUT2D eigenvalue weighted by atomic mass is 10.2. The van der Waals surface area contributed by atoms with Gasteiger partial charge in [0.1, 0.15) is 0 Å². The molecule has 0 aliphatic carbocycles. The molecule has 0 radical (unpaired) electrons. The summed E-state index contributed by atoms with van der Waals surface area (Å²) in [6, 6.07) is 0. The fourth-order valence-corrected chi connectivity index (χ4v) is 1.89.